The highest BCUT2D eigenvalue weighted by Gasteiger charge is 2.24. The van der Waals surface area contributed by atoms with Crippen molar-refractivity contribution < 1.29 is 19.4 Å². The summed E-state index contributed by atoms with van der Waals surface area (Å²) >= 11 is 6.30. The molecule has 5 rings (SSSR count). The van der Waals surface area contributed by atoms with Gasteiger partial charge in [-0.05, 0) is 60.3 Å². The molecule has 1 aromatic heterocycles. The number of nitrogens with one attached hydrogen (secondary N) is 1. The summed E-state index contributed by atoms with van der Waals surface area (Å²) in [5, 5.41) is 23.9. The predicted molar refractivity (Wildman–Crippen MR) is 121 cm³/mol. The van der Waals surface area contributed by atoms with Gasteiger partial charge in [-0.1, -0.05) is 29.8 Å². The van der Waals surface area contributed by atoms with Crippen LogP contribution < -0.4 is 4.90 Å². The number of carboxylic acid groups (broad SMARTS) is 1. The Bertz CT molecular complexity index is 1530. The van der Waals surface area contributed by atoms with E-state index in [2.05, 4.69) is 4.98 Å². The molecule has 1 heterocycles. The van der Waals surface area contributed by atoms with Crippen molar-refractivity contribution in [1.29, 1.82) is 0 Å². The quantitative estimate of drug-likeness (QED) is 0.277. The summed E-state index contributed by atoms with van der Waals surface area (Å²) in [6.45, 7) is 1.85. The molecule has 0 bridgehead atoms. The lowest BCUT2D eigenvalue weighted by Gasteiger charge is -2.22. The Labute approximate surface area is 180 Å². The van der Waals surface area contributed by atoms with Crippen LogP contribution in [0, 0.1) is 12.7 Å². The highest BCUT2D eigenvalue weighted by atomic mass is 35.5. The first-order valence-electron chi connectivity index (χ1n) is 9.49. The second-order valence-corrected chi connectivity index (χ2v) is 7.85. The van der Waals surface area contributed by atoms with Crippen molar-refractivity contribution in [3.8, 4) is 5.75 Å². The number of aromatic amines is 1. The Morgan fingerprint density at radius 2 is 1.77 bits per heavy atom. The summed E-state index contributed by atoms with van der Waals surface area (Å²) in [6, 6.07) is 16.3. The molecule has 31 heavy (non-hydrogen) atoms. The number of hydrogen-bond acceptors (Lipinski definition) is 2. The standard InChI is InChI=1S/C24H16ClFN2O3/c1-12-2-7-20(18(25)8-12)28(24(30)31)21-9-13-3-5-15-17-10-14(26)4-6-19(17)27-23(15)16(13)11-22(21)29/h2-11,27,29H,1H3,(H,30,31). The Kier molecular flexibility index (Phi) is 4.27. The number of anilines is 2. The second kappa shape index (κ2) is 6.89. The summed E-state index contributed by atoms with van der Waals surface area (Å²) in [5.74, 6) is -0.553. The fourth-order valence-electron chi connectivity index (χ4n) is 4.00. The highest BCUT2D eigenvalue weighted by molar-refractivity contribution is 6.34. The number of amides is 1. The molecular weight excluding hydrogens is 419 g/mol. The summed E-state index contributed by atoms with van der Waals surface area (Å²) in [7, 11) is 0. The van der Waals surface area contributed by atoms with E-state index < -0.39 is 6.09 Å². The summed E-state index contributed by atoms with van der Waals surface area (Å²) in [4.78, 5) is 16.3. The Morgan fingerprint density at radius 3 is 2.52 bits per heavy atom. The number of phenolic OH excluding ortho intramolecular Hbond substituents is 1. The third kappa shape index (κ3) is 3.04. The molecule has 0 spiro atoms. The van der Waals surface area contributed by atoms with E-state index in [1.54, 1.807) is 30.3 Å². The Morgan fingerprint density at radius 1 is 0.968 bits per heavy atom. The molecule has 0 aliphatic rings. The number of hydrogen-bond donors (Lipinski definition) is 3. The van der Waals surface area contributed by atoms with Gasteiger partial charge in [-0.3, -0.25) is 0 Å². The third-order valence-corrected chi connectivity index (χ3v) is 5.73. The Hall–Kier alpha value is -3.77. The maximum atomic E-state index is 13.7. The molecule has 5 aromatic rings. The molecule has 0 aliphatic heterocycles. The van der Waals surface area contributed by atoms with Crippen molar-refractivity contribution in [2.75, 3.05) is 4.90 Å². The van der Waals surface area contributed by atoms with E-state index in [0.29, 0.717) is 10.8 Å². The smallest absolute Gasteiger partial charge is 0.416 e. The van der Waals surface area contributed by atoms with E-state index in [0.717, 1.165) is 32.3 Å². The normalized spacial score (nSPS) is 11.5. The fourth-order valence-corrected chi connectivity index (χ4v) is 4.32. The van der Waals surface area contributed by atoms with Crippen LogP contribution in [-0.2, 0) is 0 Å². The van der Waals surface area contributed by atoms with Crippen LogP contribution in [0.4, 0.5) is 20.6 Å². The van der Waals surface area contributed by atoms with Gasteiger partial charge in [0, 0.05) is 21.7 Å². The minimum absolute atomic E-state index is 0.0901. The summed E-state index contributed by atoms with van der Waals surface area (Å²) < 4.78 is 13.7. The zero-order valence-corrected chi connectivity index (χ0v) is 17.0. The fraction of sp³-hybridized carbons (Fsp3) is 0.0417. The molecule has 0 saturated carbocycles. The SMILES string of the molecule is Cc1ccc(N(C(=O)O)c2cc3ccc4c5cc(F)ccc5[nH]c4c3cc2O)c(Cl)c1. The number of phenols is 1. The van der Waals surface area contributed by atoms with Gasteiger partial charge in [-0.2, -0.15) is 0 Å². The van der Waals surface area contributed by atoms with E-state index in [1.807, 2.05) is 19.1 Å². The topological polar surface area (TPSA) is 76.6 Å². The average molecular weight is 435 g/mol. The maximum absolute atomic E-state index is 13.7. The van der Waals surface area contributed by atoms with E-state index >= 15 is 0 Å². The van der Waals surface area contributed by atoms with Crippen LogP contribution in [-0.4, -0.2) is 21.3 Å². The van der Waals surface area contributed by atoms with Gasteiger partial charge in [0.15, 0.2) is 0 Å². The van der Waals surface area contributed by atoms with Crippen molar-refractivity contribution in [2.45, 2.75) is 6.92 Å². The molecule has 1 amide bonds. The molecule has 0 unspecified atom stereocenters. The lowest BCUT2D eigenvalue weighted by molar-refractivity contribution is 0.204. The second-order valence-electron chi connectivity index (χ2n) is 7.44. The van der Waals surface area contributed by atoms with Crippen LogP contribution in [0.3, 0.4) is 0 Å². The minimum Gasteiger partial charge on any atom is -0.506 e. The molecule has 3 N–H and O–H groups in total. The number of aromatic nitrogens is 1. The molecule has 0 atom stereocenters. The minimum atomic E-state index is -1.28. The van der Waals surface area contributed by atoms with Gasteiger partial charge in [-0.25, -0.2) is 14.1 Å². The number of nitrogens with zero attached hydrogens (tertiary/aromatic N) is 1. The molecular formula is C24H16ClFN2O3. The number of halogens is 2. The van der Waals surface area contributed by atoms with E-state index in [9.17, 15) is 19.4 Å². The van der Waals surface area contributed by atoms with Crippen LogP contribution in [0.15, 0.2) is 60.7 Å². The zero-order chi connectivity index (χ0) is 21.9. The summed E-state index contributed by atoms with van der Waals surface area (Å²) in [5.41, 5.74) is 2.73. The molecule has 0 radical (unpaired) electrons. The predicted octanol–water partition coefficient (Wildman–Crippen LogP) is 7.10. The van der Waals surface area contributed by atoms with Gasteiger partial charge < -0.3 is 15.2 Å². The van der Waals surface area contributed by atoms with Gasteiger partial charge in [0.25, 0.3) is 0 Å². The maximum Gasteiger partial charge on any atom is 0.416 e. The van der Waals surface area contributed by atoms with E-state index in [4.69, 9.17) is 11.6 Å². The number of fused-ring (bicyclic) bond motifs is 5. The Balaban J connectivity index is 1.76. The molecule has 0 saturated heterocycles. The molecule has 0 aliphatic carbocycles. The van der Waals surface area contributed by atoms with E-state index in [-0.39, 0.29) is 28.0 Å². The number of aryl methyl sites for hydroxylation is 1. The van der Waals surface area contributed by atoms with Crippen LogP contribution in [0.25, 0.3) is 32.6 Å². The number of carbonyl (C=O) groups is 1. The van der Waals surface area contributed by atoms with Gasteiger partial charge in [0.2, 0.25) is 0 Å². The number of aromatic hydroxyl groups is 1. The first kappa shape index (κ1) is 19.2. The zero-order valence-electron chi connectivity index (χ0n) is 16.3. The van der Waals surface area contributed by atoms with Crippen molar-refractivity contribution in [1.82, 2.24) is 4.98 Å². The molecule has 0 fully saturated rings. The summed E-state index contributed by atoms with van der Waals surface area (Å²) in [6.07, 6.45) is -1.28. The lowest BCUT2D eigenvalue weighted by atomic mass is 10.0. The first-order valence-corrected chi connectivity index (χ1v) is 9.87. The third-order valence-electron chi connectivity index (χ3n) is 5.42. The molecule has 5 nitrogen and oxygen atoms in total. The van der Waals surface area contributed by atoms with Crippen LogP contribution in [0.5, 0.6) is 5.75 Å². The van der Waals surface area contributed by atoms with E-state index in [1.165, 1.54) is 18.2 Å². The average Bonchev–Trinajstić information content (AvgIpc) is 3.08. The number of H-pyrrole nitrogens is 1. The number of benzene rings is 4. The van der Waals surface area contributed by atoms with Crippen molar-refractivity contribution in [2.24, 2.45) is 0 Å². The molecule has 7 heteroatoms. The molecule has 154 valence electrons. The monoisotopic (exact) mass is 434 g/mol. The van der Waals surface area contributed by atoms with Gasteiger partial charge >= 0.3 is 6.09 Å². The van der Waals surface area contributed by atoms with Crippen LogP contribution >= 0.6 is 11.6 Å². The van der Waals surface area contributed by atoms with Crippen LogP contribution in [0.2, 0.25) is 5.02 Å². The van der Waals surface area contributed by atoms with Gasteiger partial charge in [0.1, 0.15) is 11.6 Å². The van der Waals surface area contributed by atoms with Crippen LogP contribution in [0.1, 0.15) is 5.56 Å². The van der Waals surface area contributed by atoms with Crippen molar-refractivity contribution >= 4 is 61.6 Å². The number of rotatable bonds is 2. The van der Waals surface area contributed by atoms with Crippen molar-refractivity contribution in [3.05, 3.63) is 77.1 Å². The largest absolute Gasteiger partial charge is 0.506 e. The highest BCUT2D eigenvalue weighted by Crippen LogP contribution is 2.41. The molecule has 4 aromatic carbocycles. The van der Waals surface area contributed by atoms with Crippen molar-refractivity contribution in [3.63, 3.8) is 0 Å². The van der Waals surface area contributed by atoms with Gasteiger partial charge in [-0.15, -0.1) is 0 Å². The van der Waals surface area contributed by atoms with Gasteiger partial charge in [0.05, 0.1) is 21.9 Å². The first-order chi connectivity index (χ1) is 14.8. The lowest BCUT2D eigenvalue weighted by Crippen LogP contribution is -2.24.